The highest BCUT2D eigenvalue weighted by Crippen LogP contribution is 2.26. The highest BCUT2D eigenvalue weighted by molar-refractivity contribution is 6.49. The molecule has 0 aliphatic rings. The predicted molar refractivity (Wildman–Crippen MR) is 83.2 cm³/mol. The molecule has 2 rings (SSSR count). The SMILES string of the molecule is Cc1ccnc(CC=Nc2ccccc2O[Si](C)C)n1. The minimum atomic E-state index is -0.789. The van der Waals surface area contributed by atoms with Crippen LogP contribution in [0.1, 0.15) is 11.5 Å². The Labute approximate surface area is 121 Å². The lowest BCUT2D eigenvalue weighted by Crippen LogP contribution is -2.11. The molecular weight excluding hydrogens is 266 g/mol. The van der Waals surface area contributed by atoms with E-state index in [0.717, 1.165) is 23.0 Å². The lowest BCUT2D eigenvalue weighted by atomic mass is 10.3. The Morgan fingerprint density at radius 1 is 1.25 bits per heavy atom. The summed E-state index contributed by atoms with van der Waals surface area (Å²) in [6, 6.07) is 9.71. The zero-order valence-corrected chi connectivity index (χ0v) is 13.0. The number of nitrogens with zero attached hydrogens (tertiary/aromatic N) is 3. The molecule has 0 aliphatic carbocycles. The van der Waals surface area contributed by atoms with Crippen LogP contribution in [0.3, 0.4) is 0 Å². The fourth-order valence-electron chi connectivity index (χ4n) is 1.69. The first-order valence-electron chi connectivity index (χ1n) is 6.53. The number of aliphatic imine (C=N–C) groups is 1. The molecule has 0 atom stereocenters. The average molecular weight is 284 g/mol. The van der Waals surface area contributed by atoms with Crippen LogP contribution in [0.4, 0.5) is 5.69 Å². The van der Waals surface area contributed by atoms with Crippen LogP contribution < -0.4 is 4.43 Å². The molecule has 0 bridgehead atoms. The normalized spacial score (nSPS) is 11.2. The second-order valence-corrected chi connectivity index (χ2v) is 6.63. The average Bonchev–Trinajstić information content (AvgIpc) is 2.40. The Morgan fingerprint density at radius 2 is 2.05 bits per heavy atom. The van der Waals surface area contributed by atoms with Crippen molar-refractivity contribution in [3.63, 3.8) is 0 Å². The quantitative estimate of drug-likeness (QED) is 0.625. The van der Waals surface area contributed by atoms with Crippen LogP contribution in [0.5, 0.6) is 5.75 Å². The molecule has 0 spiro atoms. The van der Waals surface area contributed by atoms with Gasteiger partial charge in [0.2, 0.25) is 0 Å². The molecule has 0 unspecified atom stereocenters. The van der Waals surface area contributed by atoms with Crippen LogP contribution in [0.15, 0.2) is 41.5 Å². The van der Waals surface area contributed by atoms with E-state index >= 15 is 0 Å². The zero-order chi connectivity index (χ0) is 14.4. The lowest BCUT2D eigenvalue weighted by molar-refractivity contribution is 0.582. The van der Waals surface area contributed by atoms with Gasteiger partial charge in [-0.2, -0.15) is 0 Å². The van der Waals surface area contributed by atoms with Gasteiger partial charge < -0.3 is 4.43 Å². The van der Waals surface area contributed by atoms with Crippen molar-refractivity contribution in [1.82, 2.24) is 9.97 Å². The van der Waals surface area contributed by atoms with E-state index in [4.69, 9.17) is 4.43 Å². The maximum atomic E-state index is 5.82. The van der Waals surface area contributed by atoms with Gasteiger partial charge in [0.15, 0.2) is 0 Å². The number of aromatic nitrogens is 2. The lowest BCUT2D eigenvalue weighted by Gasteiger charge is -2.10. The molecule has 1 aromatic carbocycles. The van der Waals surface area contributed by atoms with Crippen LogP contribution >= 0.6 is 0 Å². The van der Waals surface area contributed by atoms with Crippen LogP contribution in [-0.4, -0.2) is 25.2 Å². The monoisotopic (exact) mass is 284 g/mol. The maximum absolute atomic E-state index is 5.82. The second-order valence-electron chi connectivity index (χ2n) is 4.61. The highest BCUT2D eigenvalue weighted by atomic mass is 28.3. The molecule has 0 saturated heterocycles. The molecule has 103 valence electrons. The van der Waals surface area contributed by atoms with E-state index in [2.05, 4.69) is 28.1 Å². The van der Waals surface area contributed by atoms with Gasteiger partial charge in [-0.3, -0.25) is 4.99 Å². The number of rotatable bonds is 5. The molecule has 0 amide bonds. The topological polar surface area (TPSA) is 47.4 Å². The number of benzene rings is 1. The van der Waals surface area contributed by atoms with Crippen LogP contribution in [0.2, 0.25) is 13.1 Å². The van der Waals surface area contributed by atoms with Gasteiger partial charge in [-0.25, -0.2) is 9.97 Å². The van der Waals surface area contributed by atoms with Crippen LogP contribution in [0.25, 0.3) is 0 Å². The highest BCUT2D eigenvalue weighted by Gasteiger charge is 2.04. The summed E-state index contributed by atoms with van der Waals surface area (Å²) in [6.07, 6.45) is 4.21. The van der Waals surface area contributed by atoms with Crippen molar-refractivity contribution in [2.45, 2.75) is 26.4 Å². The van der Waals surface area contributed by atoms with E-state index in [-0.39, 0.29) is 0 Å². The molecule has 0 fully saturated rings. The summed E-state index contributed by atoms with van der Waals surface area (Å²) < 4.78 is 5.82. The molecule has 0 aliphatic heterocycles. The van der Waals surface area contributed by atoms with Crippen molar-refractivity contribution < 1.29 is 4.43 Å². The van der Waals surface area contributed by atoms with Gasteiger partial charge in [0.25, 0.3) is 9.04 Å². The molecule has 4 nitrogen and oxygen atoms in total. The summed E-state index contributed by atoms with van der Waals surface area (Å²) >= 11 is 0. The number of para-hydroxylation sites is 2. The molecule has 1 radical (unpaired) electrons. The first-order chi connectivity index (χ1) is 9.65. The zero-order valence-electron chi connectivity index (χ0n) is 12.0. The van der Waals surface area contributed by atoms with Crippen molar-refractivity contribution in [2.24, 2.45) is 4.99 Å². The van der Waals surface area contributed by atoms with Gasteiger partial charge in [0, 0.05) is 24.5 Å². The number of aryl methyl sites for hydroxylation is 1. The summed E-state index contributed by atoms with van der Waals surface area (Å²) in [5.41, 5.74) is 1.82. The van der Waals surface area contributed by atoms with E-state index in [1.807, 2.05) is 43.5 Å². The Balaban J connectivity index is 2.08. The van der Waals surface area contributed by atoms with Gasteiger partial charge >= 0.3 is 0 Å². The van der Waals surface area contributed by atoms with E-state index in [0.29, 0.717) is 6.42 Å². The van der Waals surface area contributed by atoms with E-state index in [1.165, 1.54) is 0 Å². The molecule has 1 heterocycles. The third-order valence-corrected chi connectivity index (χ3v) is 3.16. The maximum Gasteiger partial charge on any atom is 0.274 e. The van der Waals surface area contributed by atoms with Gasteiger partial charge in [0.1, 0.15) is 17.3 Å². The van der Waals surface area contributed by atoms with Gasteiger partial charge in [-0.05, 0) is 38.2 Å². The Morgan fingerprint density at radius 3 is 2.80 bits per heavy atom. The fourth-order valence-corrected chi connectivity index (χ4v) is 2.31. The van der Waals surface area contributed by atoms with E-state index in [1.54, 1.807) is 6.20 Å². The smallest absolute Gasteiger partial charge is 0.274 e. The number of hydrogen-bond donors (Lipinski definition) is 0. The largest absolute Gasteiger partial charge is 0.541 e. The Kier molecular flexibility index (Phi) is 5.01. The van der Waals surface area contributed by atoms with Crippen molar-refractivity contribution in [2.75, 3.05) is 0 Å². The Hall–Kier alpha value is -2.01. The molecule has 0 saturated carbocycles. The summed E-state index contributed by atoms with van der Waals surface area (Å²) in [6.45, 7) is 6.16. The fraction of sp³-hybridized carbons (Fsp3) is 0.267. The first kappa shape index (κ1) is 14.4. The third-order valence-electron chi connectivity index (χ3n) is 2.53. The molecule has 2 aromatic rings. The van der Waals surface area contributed by atoms with Gasteiger partial charge in [0.05, 0.1) is 0 Å². The first-order valence-corrected chi connectivity index (χ1v) is 8.94. The Bertz CT molecular complexity index is 599. The van der Waals surface area contributed by atoms with E-state index in [9.17, 15) is 0 Å². The molecular formula is C15H18N3OSi. The third kappa shape index (κ3) is 4.27. The summed E-state index contributed by atoms with van der Waals surface area (Å²) in [5.74, 6) is 1.62. The minimum Gasteiger partial charge on any atom is -0.541 e. The van der Waals surface area contributed by atoms with Gasteiger partial charge in [-0.15, -0.1) is 0 Å². The molecule has 1 aromatic heterocycles. The van der Waals surface area contributed by atoms with Crippen LogP contribution in [0, 0.1) is 6.92 Å². The number of hydrogen-bond acceptors (Lipinski definition) is 4. The minimum absolute atomic E-state index is 0.617. The molecule has 5 heteroatoms. The van der Waals surface area contributed by atoms with Gasteiger partial charge in [-0.1, -0.05) is 12.1 Å². The standard InChI is InChI=1S/C15H18N3OSi/c1-12-8-10-17-15(18-12)9-11-16-13-6-4-5-7-14(13)19-20(2)3/h4-8,10-11H,9H2,1-3H3. The van der Waals surface area contributed by atoms with Crippen molar-refractivity contribution in [3.05, 3.63) is 48.0 Å². The summed E-state index contributed by atoms with van der Waals surface area (Å²) in [7, 11) is -0.789. The predicted octanol–water partition coefficient (Wildman–Crippen LogP) is 3.36. The van der Waals surface area contributed by atoms with E-state index < -0.39 is 9.04 Å². The molecule has 20 heavy (non-hydrogen) atoms. The molecule has 0 N–H and O–H groups in total. The van der Waals surface area contributed by atoms with Crippen molar-refractivity contribution in [3.8, 4) is 5.75 Å². The van der Waals surface area contributed by atoms with Crippen molar-refractivity contribution >= 4 is 20.9 Å². The summed E-state index contributed by atoms with van der Waals surface area (Å²) in [5, 5.41) is 0. The second kappa shape index (κ2) is 6.95. The van der Waals surface area contributed by atoms with Crippen molar-refractivity contribution in [1.29, 1.82) is 0 Å². The van der Waals surface area contributed by atoms with Crippen LogP contribution in [-0.2, 0) is 6.42 Å². The summed E-state index contributed by atoms with van der Waals surface area (Å²) in [4.78, 5) is 13.0.